The molecule has 0 aromatic rings. The average molecular weight is 326 g/mol. The fourth-order valence-corrected chi connectivity index (χ4v) is 3.50. The maximum Gasteiger partial charge on any atom is 0.0110 e. The molecule has 0 amide bonds. The number of piperazine rings is 2. The highest BCUT2D eigenvalue weighted by molar-refractivity contribution is 4.69. The van der Waals surface area contributed by atoms with Gasteiger partial charge in [-0.3, -0.25) is 0 Å². The van der Waals surface area contributed by atoms with E-state index in [1.807, 2.05) is 0 Å². The van der Waals surface area contributed by atoms with E-state index in [9.17, 15) is 0 Å². The number of nitrogens with zero attached hydrogens (tertiary/aromatic N) is 3. The van der Waals surface area contributed by atoms with E-state index in [1.165, 1.54) is 111 Å². The Morgan fingerprint density at radius 2 is 1.30 bits per heavy atom. The van der Waals surface area contributed by atoms with Gasteiger partial charge >= 0.3 is 0 Å². The van der Waals surface area contributed by atoms with Crippen molar-refractivity contribution < 1.29 is 0 Å². The smallest absolute Gasteiger partial charge is 0.0110 e. The Morgan fingerprint density at radius 3 is 2.09 bits per heavy atom. The molecule has 0 bridgehead atoms. The summed E-state index contributed by atoms with van der Waals surface area (Å²) in [7, 11) is 2.23. The molecule has 2 rings (SSSR count). The number of likely N-dealkylation sites (N-methyl/N-ethyl adjacent to an activating group) is 1. The second kappa shape index (κ2) is 12.2. The highest BCUT2D eigenvalue weighted by atomic mass is 15.2. The van der Waals surface area contributed by atoms with Gasteiger partial charge in [-0.25, -0.2) is 0 Å². The molecule has 0 aromatic carbocycles. The summed E-state index contributed by atoms with van der Waals surface area (Å²) in [6.45, 7) is 14.8. The first-order chi connectivity index (χ1) is 11.3. The molecule has 0 atom stereocenters. The zero-order valence-electron chi connectivity index (χ0n) is 15.4. The van der Waals surface area contributed by atoms with Crippen LogP contribution in [0.2, 0.25) is 0 Å². The van der Waals surface area contributed by atoms with Crippen molar-refractivity contribution in [3.8, 4) is 0 Å². The van der Waals surface area contributed by atoms with Crippen molar-refractivity contribution in [3.05, 3.63) is 0 Å². The van der Waals surface area contributed by atoms with Crippen LogP contribution in [0.3, 0.4) is 0 Å². The quantitative estimate of drug-likeness (QED) is 0.546. The molecule has 0 aliphatic carbocycles. The topological polar surface area (TPSA) is 33.8 Å². The predicted octanol–water partition coefficient (Wildman–Crippen LogP) is 0.679. The van der Waals surface area contributed by atoms with Gasteiger partial charge in [0.15, 0.2) is 0 Å². The fourth-order valence-electron chi connectivity index (χ4n) is 3.50. The van der Waals surface area contributed by atoms with Crippen LogP contribution in [0.1, 0.15) is 32.1 Å². The number of rotatable bonds is 11. The lowest BCUT2D eigenvalue weighted by Crippen LogP contribution is -2.44. The summed E-state index contributed by atoms with van der Waals surface area (Å²) in [5.41, 5.74) is 0. The van der Waals surface area contributed by atoms with Crippen molar-refractivity contribution in [2.75, 3.05) is 85.6 Å². The van der Waals surface area contributed by atoms with Gasteiger partial charge < -0.3 is 25.3 Å². The lowest BCUT2D eigenvalue weighted by Gasteiger charge is -2.32. The summed E-state index contributed by atoms with van der Waals surface area (Å²) in [5, 5.41) is 7.02. The van der Waals surface area contributed by atoms with Gasteiger partial charge in [0, 0.05) is 52.4 Å². The minimum Gasteiger partial charge on any atom is -0.317 e. The lowest BCUT2D eigenvalue weighted by molar-refractivity contribution is 0.152. The SMILES string of the molecule is CN1CCN(CCCCCCNCCCN2CCNCC2)CC1. The number of unbranched alkanes of at least 4 members (excludes halogenated alkanes) is 3. The molecule has 5 heteroatoms. The molecule has 0 spiro atoms. The molecule has 23 heavy (non-hydrogen) atoms. The van der Waals surface area contributed by atoms with Gasteiger partial charge in [0.25, 0.3) is 0 Å². The van der Waals surface area contributed by atoms with E-state index in [0.29, 0.717) is 0 Å². The van der Waals surface area contributed by atoms with Gasteiger partial charge in [-0.2, -0.15) is 0 Å². The molecule has 136 valence electrons. The Balaban J connectivity index is 1.29. The molecule has 2 heterocycles. The van der Waals surface area contributed by atoms with Gasteiger partial charge in [0.2, 0.25) is 0 Å². The van der Waals surface area contributed by atoms with Gasteiger partial charge in [-0.15, -0.1) is 0 Å². The molecule has 2 N–H and O–H groups in total. The van der Waals surface area contributed by atoms with E-state index >= 15 is 0 Å². The molecule has 0 unspecified atom stereocenters. The van der Waals surface area contributed by atoms with E-state index in [4.69, 9.17) is 0 Å². The van der Waals surface area contributed by atoms with E-state index < -0.39 is 0 Å². The molecule has 0 aromatic heterocycles. The van der Waals surface area contributed by atoms with Gasteiger partial charge in [0.05, 0.1) is 0 Å². The summed E-state index contributed by atoms with van der Waals surface area (Å²) in [4.78, 5) is 7.65. The van der Waals surface area contributed by atoms with Crippen LogP contribution < -0.4 is 10.6 Å². The normalized spacial score (nSPS) is 21.8. The Morgan fingerprint density at radius 1 is 0.696 bits per heavy atom. The zero-order valence-corrected chi connectivity index (χ0v) is 15.4. The maximum absolute atomic E-state index is 3.61. The van der Waals surface area contributed by atoms with E-state index in [0.717, 1.165) is 0 Å². The molecule has 5 nitrogen and oxygen atoms in total. The summed E-state index contributed by atoms with van der Waals surface area (Å²) >= 11 is 0. The third kappa shape index (κ3) is 9.01. The molecule has 2 aliphatic rings. The summed E-state index contributed by atoms with van der Waals surface area (Å²) in [6.07, 6.45) is 6.81. The second-order valence-corrected chi connectivity index (χ2v) is 7.25. The average Bonchev–Trinajstić information content (AvgIpc) is 2.59. The fraction of sp³-hybridized carbons (Fsp3) is 1.00. The van der Waals surface area contributed by atoms with Crippen molar-refractivity contribution in [2.45, 2.75) is 32.1 Å². The highest BCUT2D eigenvalue weighted by Gasteiger charge is 2.12. The lowest BCUT2D eigenvalue weighted by atomic mass is 10.2. The molecule has 0 radical (unpaired) electrons. The van der Waals surface area contributed by atoms with Crippen LogP contribution >= 0.6 is 0 Å². The predicted molar refractivity (Wildman–Crippen MR) is 99.2 cm³/mol. The number of nitrogens with one attached hydrogen (secondary N) is 2. The third-order valence-electron chi connectivity index (χ3n) is 5.21. The summed E-state index contributed by atoms with van der Waals surface area (Å²) < 4.78 is 0. The Hall–Kier alpha value is -0.200. The zero-order chi connectivity index (χ0) is 16.2. The van der Waals surface area contributed by atoms with E-state index in [1.54, 1.807) is 0 Å². The number of hydrogen-bond donors (Lipinski definition) is 2. The minimum atomic E-state index is 1.17. The van der Waals surface area contributed by atoms with Crippen LogP contribution in [0, 0.1) is 0 Å². The van der Waals surface area contributed by atoms with Crippen LogP contribution in [0.15, 0.2) is 0 Å². The van der Waals surface area contributed by atoms with Crippen LogP contribution in [-0.4, -0.2) is 100 Å². The maximum atomic E-state index is 3.61. The van der Waals surface area contributed by atoms with Crippen LogP contribution in [-0.2, 0) is 0 Å². The first-order valence-corrected chi connectivity index (χ1v) is 9.89. The number of hydrogen-bond acceptors (Lipinski definition) is 5. The van der Waals surface area contributed by atoms with Crippen LogP contribution in [0.4, 0.5) is 0 Å². The molecule has 2 aliphatic heterocycles. The van der Waals surface area contributed by atoms with E-state index in [2.05, 4.69) is 32.4 Å². The van der Waals surface area contributed by atoms with Crippen LogP contribution in [0.25, 0.3) is 0 Å². The Bertz CT molecular complexity index is 273. The Kier molecular flexibility index (Phi) is 10.1. The van der Waals surface area contributed by atoms with Gasteiger partial charge in [0.1, 0.15) is 0 Å². The van der Waals surface area contributed by atoms with Gasteiger partial charge in [-0.05, 0) is 52.5 Å². The van der Waals surface area contributed by atoms with E-state index in [-0.39, 0.29) is 0 Å². The van der Waals surface area contributed by atoms with Crippen molar-refractivity contribution in [3.63, 3.8) is 0 Å². The minimum absolute atomic E-state index is 1.17. The van der Waals surface area contributed by atoms with Gasteiger partial charge in [-0.1, -0.05) is 12.8 Å². The van der Waals surface area contributed by atoms with Crippen molar-refractivity contribution in [1.29, 1.82) is 0 Å². The molecule has 2 saturated heterocycles. The van der Waals surface area contributed by atoms with Crippen molar-refractivity contribution >= 4 is 0 Å². The molecule has 0 saturated carbocycles. The van der Waals surface area contributed by atoms with Crippen molar-refractivity contribution in [2.24, 2.45) is 0 Å². The largest absolute Gasteiger partial charge is 0.317 e. The molecule has 2 fully saturated rings. The van der Waals surface area contributed by atoms with Crippen LogP contribution in [0.5, 0.6) is 0 Å². The molecular formula is C18H39N5. The summed E-state index contributed by atoms with van der Waals surface area (Å²) in [5.74, 6) is 0. The van der Waals surface area contributed by atoms with Crippen molar-refractivity contribution in [1.82, 2.24) is 25.3 Å². The summed E-state index contributed by atoms with van der Waals surface area (Å²) in [6, 6.07) is 0. The Labute approximate surface area is 143 Å². The molecular weight excluding hydrogens is 286 g/mol. The first kappa shape index (κ1) is 19.1. The monoisotopic (exact) mass is 325 g/mol. The standard InChI is InChI=1S/C18H39N5/c1-21-15-17-23(18-16-21)11-5-3-2-4-7-19-8-6-12-22-13-9-20-10-14-22/h19-20H,2-18H2,1H3. The first-order valence-electron chi connectivity index (χ1n) is 9.89. The second-order valence-electron chi connectivity index (χ2n) is 7.25. The highest BCUT2D eigenvalue weighted by Crippen LogP contribution is 2.04. The third-order valence-corrected chi connectivity index (χ3v) is 5.21.